The summed E-state index contributed by atoms with van der Waals surface area (Å²) in [5, 5.41) is 10.4. The summed E-state index contributed by atoms with van der Waals surface area (Å²) in [5.74, 6) is -0.124. The molecule has 3 aliphatic rings. The van der Waals surface area contributed by atoms with Gasteiger partial charge in [-0.2, -0.15) is 0 Å². The van der Waals surface area contributed by atoms with E-state index in [0.717, 1.165) is 30.0 Å². The molecule has 0 aromatic carbocycles. The molecule has 136 valence electrons. The fraction of sp³-hybridized carbons (Fsp3) is 0.882. The molecule has 1 spiro atoms. The van der Waals surface area contributed by atoms with Gasteiger partial charge in [-0.3, -0.25) is 9.59 Å². The average molecular weight is 357 g/mol. The van der Waals surface area contributed by atoms with E-state index >= 15 is 0 Å². The maximum Gasteiger partial charge on any atom is 0.238 e. The molecule has 0 aromatic heterocycles. The van der Waals surface area contributed by atoms with E-state index in [1.165, 1.54) is 0 Å². The number of carbonyl (C=O) groups is 2. The number of nitrogens with zero attached hydrogens (tertiary/aromatic N) is 1. The number of aliphatic hydroxyl groups is 1. The van der Waals surface area contributed by atoms with Gasteiger partial charge in [-0.15, -0.1) is 0 Å². The first-order chi connectivity index (χ1) is 11.0. The fourth-order valence-electron chi connectivity index (χ4n) is 5.02. The van der Waals surface area contributed by atoms with E-state index in [9.17, 15) is 23.1 Å². The van der Waals surface area contributed by atoms with Crippen LogP contribution in [0.1, 0.15) is 59.3 Å². The highest BCUT2D eigenvalue weighted by molar-refractivity contribution is 7.90. The lowest BCUT2D eigenvalue weighted by Gasteiger charge is -2.33. The first-order valence-electron chi connectivity index (χ1n) is 8.80. The van der Waals surface area contributed by atoms with Crippen LogP contribution in [0.2, 0.25) is 0 Å². The second-order valence-corrected chi connectivity index (χ2v) is 10.2. The van der Waals surface area contributed by atoms with Crippen LogP contribution in [-0.2, 0) is 19.6 Å². The molecule has 3 fully saturated rings. The molecule has 1 N–H and O–H groups in total. The number of ketones is 1. The highest BCUT2D eigenvalue weighted by atomic mass is 32.2. The van der Waals surface area contributed by atoms with Crippen LogP contribution < -0.4 is 0 Å². The highest BCUT2D eigenvalue weighted by Gasteiger charge is 2.64. The summed E-state index contributed by atoms with van der Waals surface area (Å²) in [7, 11) is -3.62. The summed E-state index contributed by atoms with van der Waals surface area (Å²) >= 11 is 0. The molecule has 0 radical (unpaired) electrons. The first-order valence-corrected chi connectivity index (χ1v) is 10.4. The minimum Gasteiger partial charge on any atom is -0.392 e. The lowest BCUT2D eigenvalue weighted by molar-refractivity contribution is -0.138. The molecule has 7 heteroatoms. The van der Waals surface area contributed by atoms with Crippen LogP contribution >= 0.6 is 0 Å². The van der Waals surface area contributed by atoms with Gasteiger partial charge in [0.2, 0.25) is 15.9 Å². The molecule has 2 aliphatic carbocycles. The van der Waals surface area contributed by atoms with Crippen molar-refractivity contribution in [3.63, 3.8) is 0 Å². The Morgan fingerprint density at radius 3 is 2.62 bits per heavy atom. The Balaban J connectivity index is 1.79. The van der Waals surface area contributed by atoms with Crippen LogP contribution in [0.25, 0.3) is 0 Å². The maximum absolute atomic E-state index is 12.7. The van der Waals surface area contributed by atoms with Crippen molar-refractivity contribution in [3.05, 3.63) is 0 Å². The normalized spacial score (nSPS) is 35.1. The van der Waals surface area contributed by atoms with Crippen LogP contribution in [0, 0.1) is 16.7 Å². The Morgan fingerprint density at radius 1 is 1.38 bits per heavy atom. The second kappa shape index (κ2) is 5.53. The van der Waals surface area contributed by atoms with E-state index in [1.807, 2.05) is 0 Å². The van der Waals surface area contributed by atoms with Gasteiger partial charge in [-0.25, -0.2) is 12.7 Å². The van der Waals surface area contributed by atoms with E-state index in [2.05, 4.69) is 0 Å². The smallest absolute Gasteiger partial charge is 0.238 e. The largest absolute Gasteiger partial charge is 0.392 e. The molecule has 2 saturated carbocycles. The molecule has 6 nitrogen and oxygen atoms in total. The van der Waals surface area contributed by atoms with Crippen LogP contribution in [0.5, 0.6) is 0 Å². The van der Waals surface area contributed by atoms with Gasteiger partial charge in [-0.05, 0) is 31.6 Å². The quantitative estimate of drug-likeness (QED) is 0.804. The summed E-state index contributed by atoms with van der Waals surface area (Å²) in [6.07, 6.45) is 2.33. The number of amides is 1. The summed E-state index contributed by atoms with van der Waals surface area (Å²) < 4.78 is 26.2. The molecule has 1 heterocycles. The highest BCUT2D eigenvalue weighted by Crippen LogP contribution is 2.60. The van der Waals surface area contributed by atoms with Crippen molar-refractivity contribution in [2.24, 2.45) is 16.7 Å². The lowest BCUT2D eigenvalue weighted by Crippen LogP contribution is -2.46. The molecule has 1 saturated heterocycles. The number of sulfonamides is 1. The predicted molar refractivity (Wildman–Crippen MR) is 88.5 cm³/mol. The summed E-state index contributed by atoms with van der Waals surface area (Å²) in [5.41, 5.74) is -1.32. The van der Waals surface area contributed by atoms with Crippen molar-refractivity contribution in [3.8, 4) is 0 Å². The molecular formula is C17H27NO5S. The molecular weight excluding hydrogens is 330 g/mol. The maximum atomic E-state index is 12.7. The number of rotatable bonds is 5. The third-order valence-electron chi connectivity index (χ3n) is 6.55. The third kappa shape index (κ3) is 2.51. The van der Waals surface area contributed by atoms with Crippen molar-refractivity contribution in [1.29, 1.82) is 0 Å². The third-order valence-corrected chi connectivity index (χ3v) is 8.55. The molecule has 3 unspecified atom stereocenters. The monoisotopic (exact) mass is 357 g/mol. The number of hydrogen-bond acceptors (Lipinski definition) is 5. The Hall–Kier alpha value is -0.950. The van der Waals surface area contributed by atoms with Gasteiger partial charge in [0, 0.05) is 17.3 Å². The van der Waals surface area contributed by atoms with Gasteiger partial charge in [0.05, 0.1) is 24.3 Å². The standard InChI is InChI=1S/C17H27NO5S/c1-4-13(19)16(2,3)14(20)8-15(21)18-12-7-11-5-6-17(12,9-11)10-24(18,22)23/h11-12,14,20H,4-10H2,1-3H3/t11?,12?,14?,17-/m0/s1. The van der Waals surface area contributed by atoms with E-state index in [-0.39, 0.29) is 35.8 Å². The van der Waals surface area contributed by atoms with Gasteiger partial charge in [0.1, 0.15) is 5.78 Å². The predicted octanol–water partition coefficient (Wildman–Crippen LogP) is 1.47. The Morgan fingerprint density at radius 2 is 2.04 bits per heavy atom. The summed E-state index contributed by atoms with van der Waals surface area (Å²) in [4.78, 5) is 24.7. The van der Waals surface area contributed by atoms with Crippen molar-refractivity contribution < 1.29 is 23.1 Å². The molecule has 1 aliphatic heterocycles. The van der Waals surface area contributed by atoms with Gasteiger partial charge < -0.3 is 5.11 Å². The van der Waals surface area contributed by atoms with E-state index in [4.69, 9.17) is 0 Å². The zero-order valence-corrected chi connectivity index (χ0v) is 15.4. The molecule has 2 bridgehead atoms. The van der Waals surface area contributed by atoms with Crippen molar-refractivity contribution in [2.75, 3.05) is 5.75 Å². The molecule has 0 aromatic rings. The molecule has 4 atom stereocenters. The topological polar surface area (TPSA) is 91.8 Å². The van der Waals surface area contributed by atoms with Crippen molar-refractivity contribution in [2.45, 2.75) is 71.4 Å². The molecule has 3 rings (SSSR count). The Labute approximate surface area is 143 Å². The van der Waals surface area contributed by atoms with Crippen LogP contribution in [-0.4, -0.2) is 47.4 Å². The van der Waals surface area contributed by atoms with Gasteiger partial charge in [-0.1, -0.05) is 20.8 Å². The number of hydrogen-bond donors (Lipinski definition) is 1. The summed E-state index contributed by atoms with van der Waals surface area (Å²) in [6.45, 7) is 4.92. The van der Waals surface area contributed by atoms with Gasteiger partial charge >= 0.3 is 0 Å². The molecule has 1 amide bonds. The van der Waals surface area contributed by atoms with E-state index in [1.54, 1.807) is 20.8 Å². The van der Waals surface area contributed by atoms with Gasteiger partial charge in [0.15, 0.2) is 0 Å². The second-order valence-electron chi connectivity index (χ2n) is 8.39. The zero-order valence-electron chi connectivity index (χ0n) is 14.6. The van der Waals surface area contributed by atoms with Crippen LogP contribution in [0.3, 0.4) is 0 Å². The average Bonchev–Trinajstić information content (AvgIpc) is 3.08. The Bertz CT molecular complexity index is 670. The van der Waals surface area contributed by atoms with Crippen LogP contribution in [0.15, 0.2) is 0 Å². The van der Waals surface area contributed by atoms with Crippen LogP contribution in [0.4, 0.5) is 0 Å². The van der Waals surface area contributed by atoms with Crippen molar-refractivity contribution in [1.82, 2.24) is 4.31 Å². The lowest BCUT2D eigenvalue weighted by atomic mass is 9.79. The van der Waals surface area contributed by atoms with Gasteiger partial charge in [0.25, 0.3) is 0 Å². The fourth-order valence-corrected chi connectivity index (χ4v) is 7.42. The Kier molecular flexibility index (Phi) is 4.11. The number of carbonyl (C=O) groups excluding carboxylic acids is 2. The minimum atomic E-state index is -3.62. The van der Waals surface area contributed by atoms with E-state index < -0.39 is 27.4 Å². The summed E-state index contributed by atoms with van der Waals surface area (Å²) in [6, 6.07) is -0.245. The van der Waals surface area contributed by atoms with Crippen molar-refractivity contribution >= 4 is 21.7 Å². The number of Topliss-reactive ketones (excluding diaryl/α,β-unsaturated/α-hetero) is 1. The number of aliphatic hydroxyl groups excluding tert-OH is 1. The number of fused-ring (bicyclic) bond motifs is 1. The molecule has 24 heavy (non-hydrogen) atoms. The SMILES string of the molecule is CCC(=O)C(C)(C)C(O)CC(=O)N1C2CC3CC[C@]2(C3)CS1(=O)=O. The minimum absolute atomic E-state index is 0.0558. The first kappa shape index (κ1) is 17.9. The van der Waals surface area contributed by atoms with E-state index in [0.29, 0.717) is 5.92 Å². The zero-order chi connectivity index (χ0) is 17.9.